The largest absolute Gasteiger partial charge is 0.354 e. The molecule has 1 aliphatic rings. The van der Waals surface area contributed by atoms with Crippen molar-refractivity contribution in [3.63, 3.8) is 0 Å². The van der Waals surface area contributed by atoms with Crippen molar-refractivity contribution in [2.75, 3.05) is 18.4 Å². The molecule has 1 fully saturated rings. The summed E-state index contributed by atoms with van der Waals surface area (Å²) in [5, 5.41) is 6.88. The van der Waals surface area contributed by atoms with Gasteiger partial charge in [-0.25, -0.2) is 14.4 Å². The van der Waals surface area contributed by atoms with Gasteiger partial charge in [0.25, 0.3) is 0 Å². The molecule has 39 heavy (non-hydrogen) atoms. The molecule has 0 aliphatic carbocycles. The van der Waals surface area contributed by atoms with E-state index in [-0.39, 0.29) is 23.8 Å². The Bertz CT molecular complexity index is 1400. The van der Waals surface area contributed by atoms with Crippen molar-refractivity contribution in [2.24, 2.45) is 5.92 Å². The molecule has 0 aromatic carbocycles. The highest BCUT2D eigenvalue weighted by Gasteiger charge is 2.34. The van der Waals surface area contributed by atoms with E-state index in [2.05, 4.69) is 38.7 Å². The lowest BCUT2D eigenvalue weighted by Gasteiger charge is -2.28. The molecule has 2 N–H and O–H groups in total. The van der Waals surface area contributed by atoms with Crippen molar-refractivity contribution in [3.05, 3.63) is 73.1 Å². The molecule has 1 saturated heterocycles. The lowest BCUT2D eigenvalue weighted by molar-refractivity contribution is -0.131. The highest BCUT2D eigenvalue weighted by Crippen LogP contribution is 2.31. The zero-order chi connectivity index (χ0) is 27.9. The molecule has 4 heterocycles. The first-order valence-electron chi connectivity index (χ1n) is 12.7. The molecule has 2 amide bonds. The number of nitrogens with zero attached hydrogens (tertiary/aromatic N) is 5. The Hall–Kier alpha value is -4.12. The number of nitrogens with one attached hydrogen (secondary N) is 2. The van der Waals surface area contributed by atoms with Crippen LogP contribution in [0.3, 0.4) is 0 Å². The molecule has 2 atom stereocenters. The first-order chi connectivity index (χ1) is 18.8. The Balaban J connectivity index is 1.38. The average Bonchev–Trinajstić information content (AvgIpc) is 3.68. The van der Waals surface area contributed by atoms with Gasteiger partial charge in [0.15, 0.2) is 5.13 Å². The van der Waals surface area contributed by atoms with E-state index in [1.165, 1.54) is 23.6 Å². The summed E-state index contributed by atoms with van der Waals surface area (Å²) in [6, 6.07) is 1.50. The van der Waals surface area contributed by atoms with Crippen LogP contribution >= 0.6 is 11.3 Å². The monoisotopic (exact) mass is 549 g/mol. The molecular formula is C28H32FN7O2S. The third-order valence-corrected chi connectivity index (χ3v) is 7.65. The SMILES string of the molecule is C=CC(=O)N1CCCC1C(C)C(=O)NCCn1cnc(C=C)c1/C=C(\C)Nc1ncc(-c2ccncc2F)s1. The van der Waals surface area contributed by atoms with Crippen molar-refractivity contribution in [2.45, 2.75) is 39.3 Å². The predicted octanol–water partition coefficient (Wildman–Crippen LogP) is 4.59. The number of hydrogen-bond donors (Lipinski definition) is 2. The van der Waals surface area contributed by atoms with E-state index in [9.17, 15) is 14.0 Å². The Morgan fingerprint density at radius 1 is 1.31 bits per heavy atom. The van der Waals surface area contributed by atoms with Gasteiger partial charge in [-0.2, -0.15) is 0 Å². The Labute approximate surface area is 231 Å². The van der Waals surface area contributed by atoms with Gasteiger partial charge >= 0.3 is 0 Å². The van der Waals surface area contributed by atoms with Crippen LogP contribution in [0.15, 0.2) is 55.9 Å². The van der Waals surface area contributed by atoms with E-state index in [4.69, 9.17) is 0 Å². The number of aromatic nitrogens is 4. The fourth-order valence-corrected chi connectivity index (χ4v) is 5.59. The fraction of sp³-hybridized carbons (Fsp3) is 0.321. The first kappa shape index (κ1) is 27.9. The van der Waals surface area contributed by atoms with Crippen LogP contribution in [0.1, 0.15) is 38.1 Å². The number of rotatable bonds is 11. The molecule has 1 aliphatic heterocycles. The minimum atomic E-state index is -0.396. The molecular weight excluding hydrogens is 517 g/mol. The number of anilines is 1. The normalized spacial score (nSPS) is 16.1. The van der Waals surface area contributed by atoms with E-state index >= 15 is 0 Å². The van der Waals surface area contributed by atoms with Gasteiger partial charge in [-0.05, 0) is 44.1 Å². The minimum absolute atomic E-state index is 0.0898. The van der Waals surface area contributed by atoms with Crippen LogP contribution in [0.4, 0.5) is 9.52 Å². The number of amides is 2. The summed E-state index contributed by atoms with van der Waals surface area (Å²) in [6.07, 6.45) is 12.7. The number of imidazole rings is 1. The maximum Gasteiger partial charge on any atom is 0.246 e. The second kappa shape index (κ2) is 12.6. The number of carbonyl (C=O) groups is 2. The molecule has 0 spiro atoms. The first-order valence-corrected chi connectivity index (χ1v) is 13.5. The lowest BCUT2D eigenvalue weighted by Crippen LogP contribution is -2.45. The van der Waals surface area contributed by atoms with E-state index in [0.29, 0.717) is 40.9 Å². The van der Waals surface area contributed by atoms with Crippen LogP contribution < -0.4 is 10.6 Å². The highest BCUT2D eigenvalue weighted by molar-refractivity contribution is 7.18. The third-order valence-electron chi connectivity index (χ3n) is 6.70. The van der Waals surface area contributed by atoms with Crippen LogP contribution in [0.2, 0.25) is 0 Å². The summed E-state index contributed by atoms with van der Waals surface area (Å²) < 4.78 is 16.0. The number of likely N-dealkylation sites (tertiary alicyclic amines) is 1. The van der Waals surface area contributed by atoms with Gasteiger partial charge < -0.3 is 20.1 Å². The molecule has 204 valence electrons. The highest BCUT2D eigenvalue weighted by atomic mass is 32.1. The molecule has 0 saturated carbocycles. The van der Waals surface area contributed by atoms with Gasteiger partial charge in [0.1, 0.15) is 5.82 Å². The number of carbonyl (C=O) groups excluding carboxylic acids is 2. The van der Waals surface area contributed by atoms with Gasteiger partial charge in [0.05, 0.1) is 34.7 Å². The minimum Gasteiger partial charge on any atom is -0.354 e. The number of pyridine rings is 1. The van der Waals surface area contributed by atoms with Gasteiger partial charge in [-0.15, -0.1) is 0 Å². The van der Waals surface area contributed by atoms with Gasteiger partial charge in [0.2, 0.25) is 11.8 Å². The lowest BCUT2D eigenvalue weighted by atomic mass is 9.98. The van der Waals surface area contributed by atoms with Crippen molar-refractivity contribution < 1.29 is 14.0 Å². The number of halogens is 1. The molecule has 0 bridgehead atoms. The van der Waals surface area contributed by atoms with E-state index in [0.717, 1.165) is 24.2 Å². The van der Waals surface area contributed by atoms with Crippen molar-refractivity contribution in [1.29, 1.82) is 0 Å². The molecule has 11 heteroatoms. The standard InChI is InChI=1S/C28H32FN7O2S/c1-5-22-24(14-18(3)34-28-32-16-25(39-28)20-9-10-30-15-21(20)29)35(17-33-22)13-11-31-27(38)19(4)23-8-7-12-36(23)26(37)6-2/h5-6,9-10,14-17,19,23H,1-2,7-8,11-13H2,3-4H3,(H,31,38)(H,32,34)/b18-14+. The molecule has 2 unspecified atom stereocenters. The molecule has 0 radical (unpaired) electrons. The summed E-state index contributed by atoms with van der Waals surface area (Å²) >= 11 is 1.34. The maximum absolute atomic E-state index is 14.1. The maximum atomic E-state index is 14.1. The molecule has 3 aromatic rings. The number of thiazole rings is 1. The topological polar surface area (TPSA) is 105 Å². The van der Waals surface area contributed by atoms with Crippen LogP contribution in [0.25, 0.3) is 22.6 Å². The number of allylic oxidation sites excluding steroid dienone is 1. The van der Waals surface area contributed by atoms with Crippen molar-refractivity contribution >= 4 is 40.4 Å². The summed E-state index contributed by atoms with van der Waals surface area (Å²) in [7, 11) is 0. The smallest absolute Gasteiger partial charge is 0.246 e. The van der Waals surface area contributed by atoms with E-state index < -0.39 is 5.82 Å². The summed E-state index contributed by atoms with van der Waals surface area (Å²) in [5.41, 5.74) is 2.79. The summed E-state index contributed by atoms with van der Waals surface area (Å²) in [5.74, 6) is -0.941. The van der Waals surface area contributed by atoms with Crippen LogP contribution in [0, 0.1) is 11.7 Å². The van der Waals surface area contributed by atoms with E-state index in [1.807, 2.05) is 24.5 Å². The van der Waals surface area contributed by atoms with Crippen molar-refractivity contribution in [3.8, 4) is 10.4 Å². The molecule has 3 aromatic heterocycles. The zero-order valence-electron chi connectivity index (χ0n) is 22.1. The average molecular weight is 550 g/mol. The Morgan fingerprint density at radius 2 is 2.13 bits per heavy atom. The van der Waals surface area contributed by atoms with E-state index in [1.54, 1.807) is 35.8 Å². The van der Waals surface area contributed by atoms with Gasteiger partial charge in [-0.1, -0.05) is 31.4 Å². The second-order valence-electron chi connectivity index (χ2n) is 9.28. The Morgan fingerprint density at radius 3 is 2.87 bits per heavy atom. The number of hydrogen-bond acceptors (Lipinski definition) is 7. The molecule has 4 rings (SSSR count). The van der Waals surface area contributed by atoms with Gasteiger partial charge in [0, 0.05) is 49.3 Å². The van der Waals surface area contributed by atoms with Crippen LogP contribution in [-0.2, 0) is 16.1 Å². The van der Waals surface area contributed by atoms with Crippen molar-refractivity contribution in [1.82, 2.24) is 29.7 Å². The van der Waals surface area contributed by atoms with Crippen LogP contribution in [0.5, 0.6) is 0 Å². The van der Waals surface area contributed by atoms with Gasteiger partial charge in [-0.3, -0.25) is 14.6 Å². The predicted molar refractivity (Wildman–Crippen MR) is 152 cm³/mol. The quantitative estimate of drug-likeness (QED) is 0.339. The second-order valence-corrected chi connectivity index (χ2v) is 10.3. The summed E-state index contributed by atoms with van der Waals surface area (Å²) in [4.78, 5) is 40.0. The van der Waals surface area contributed by atoms with Crippen LogP contribution in [-0.4, -0.2) is 55.4 Å². The third kappa shape index (κ3) is 6.48. The summed E-state index contributed by atoms with van der Waals surface area (Å²) in [6.45, 7) is 12.7. The zero-order valence-corrected chi connectivity index (χ0v) is 22.9. The Kier molecular flexibility index (Phi) is 9.03. The molecule has 9 nitrogen and oxygen atoms in total. The fourth-order valence-electron chi connectivity index (χ4n) is 4.68.